The van der Waals surface area contributed by atoms with Crippen LogP contribution in [0.15, 0.2) is 0 Å². The summed E-state index contributed by atoms with van der Waals surface area (Å²) in [5, 5.41) is 8.98. The van der Waals surface area contributed by atoms with Gasteiger partial charge in [0.25, 0.3) is 0 Å². The van der Waals surface area contributed by atoms with Gasteiger partial charge in [0.05, 0.1) is 26.2 Å². The van der Waals surface area contributed by atoms with E-state index in [0.29, 0.717) is 25.7 Å². The number of esters is 1. The smallest absolute Gasteiger partial charge is 0.306 e. The van der Waals surface area contributed by atoms with E-state index in [2.05, 4.69) is 0 Å². The monoisotopic (exact) mass is 257 g/mol. The Morgan fingerprint density at radius 1 is 1.33 bits per heavy atom. The molecule has 5 heteroatoms. The van der Waals surface area contributed by atoms with Crippen LogP contribution in [0.25, 0.3) is 0 Å². The van der Waals surface area contributed by atoms with E-state index in [4.69, 9.17) is 9.84 Å². The summed E-state index contributed by atoms with van der Waals surface area (Å²) in [6.45, 7) is 3.05. The molecule has 0 aliphatic heterocycles. The van der Waals surface area contributed by atoms with Crippen LogP contribution in [0.2, 0.25) is 0 Å². The highest BCUT2D eigenvalue weighted by Crippen LogP contribution is 2.24. The molecule has 0 aromatic rings. The second-order valence-corrected chi connectivity index (χ2v) is 4.62. The molecule has 0 radical (unpaired) electrons. The number of Topliss-reactive ketones (excluding diaryl/α,β-unsaturated/α-hetero) is 1. The maximum Gasteiger partial charge on any atom is 0.306 e. The summed E-state index contributed by atoms with van der Waals surface area (Å²) in [5.74, 6) is -0.272. The van der Waals surface area contributed by atoms with Crippen molar-refractivity contribution < 1.29 is 19.4 Å². The summed E-state index contributed by atoms with van der Waals surface area (Å²) in [5.41, 5.74) is 0. The van der Waals surface area contributed by atoms with Gasteiger partial charge in [-0.05, 0) is 19.8 Å². The van der Waals surface area contributed by atoms with Crippen LogP contribution < -0.4 is 0 Å². The van der Waals surface area contributed by atoms with E-state index >= 15 is 0 Å². The Balaban J connectivity index is 2.25. The minimum Gasteiger partial charge on any atom is -0.466 e. The number of carbonyl (C=O) groups excluding carboxylic acids is 2. The first kappa shape index (κ1) is 15.1. The molecule has 104 valence electrons. The third kappa shape index (κ3) is 5.14. The molecular weight excluding hydrogens is 234 g/mol. The molecule has 5 nitrogen and oxygen atoms in total. The highest BCUT2D eigenvalue weighted by molar-refractivity contribution is 5.84. The molecule has 1 rings (SSSR count). The van der Waals surface area contributed by atoms with Gasteiger partial charge in [-0.25, -0.2) is 0 Å². The molecule has 0 heterocycles. The SMILES string of the molecule is CCOC(=O)CCC(=O)CN(CCO)C1CCC1. The number of hydrogen-bond acceptors (Lipinski definition) is 5. The first-order valence-corrected chi connectivity index (χ1v) is 6.69. The van der Waals surface area contributed by atoms with Gasteiger partial charge in [-0.2, -0.15) is 0 Å². The molecule has 0 aromatic heterocycles. The van der Waals surface area contributed by atoms with E-state index in [-0.39, 0.29) is 31.2 Å². The second-order valence-electron chi connectivity index (χ2n) is 4.62. The molecule has 1 saturated carbocycles. The summed E-state index contributed by atoms with van der Waals surface area (Å²) < 4.78 is 4.78. The van der Waals surface area contributed by atoms with Gasteiger partial charge < -0.3 is 9.84 Å². The zero-order valence-corrected chi connectivity index (χ0v) is 11.1. The van der Waals surface area contributed by atoms with Crippen molar-refractivity contribution >= 4 is 11.8 Å². The number of hydrogen-bond donors (Lipinski definition) is 1. The van der Waals surface area contributed by atoms with Crippen molar-refractivity contribution in [1.29, 1.82) is 0 Å². The normalized spacial score (nSPS) is 15.5. The molecule has 1 N–H and O–H groups in total. The summed E-state index contributed by atoms with van der Waals surface area (Å²) >= 11 is 0. The van der Waals surface area contributed by atoms with Gasteiger partial charge in [0.1, 0.15) is 5.78 Å². The molecule has 0 spiro atoms. The minimum atomic E-state index is -0.316. The molecule has 0 unspecified atom stereocenters. The lowest BCUT2D eigenvalue weighted by Crippen LogP contribution is -2.44. The summed E-state index contributed by atoms with van der Waals surface area (Å²) in [4.78, 5) is 24.9. The Morgan fingerprint density at radius 3 is 2.56 bits per heavy atom. The number of carbonyl (C=O) groups is 2. The van der Waals surface area contributed by atoms with Crippen LogP contribution >= 0.6 is 0 Å². The van der Waals surface area contributed by atoms with Gasteiger partial charge in [-0.15, -0.1) is 0 Å². The first-order chi connectivity index (χ1) is 8.67. The number of nitrogens with zero attached hydrogens (tertiary/aromatic N) is 1. The summed E-state index contributed by atoms with van der Waals surface area (Å²) in [6.07, 6.45) is 3.79. The highest BCUT2D eigenvalue weighted by Gasteiger charge is 2.25. The highest BCUT2D eigenvalue weighted by atomic mass is 16.5. The molecule has 0 amide bonds. The number of ether oxygens (including phenoxy) is 1. The molecule has 1 aliphatic rings. The minimum absolute atomic E-state index is 0.0448. The van der Waals surface area contributed by atoms with Crippen molar-refractivity contribution in [1.82, 2.24) is 4.90 Å². The molecule has 18 heavy (non-hydrogen) atoms. The topological polar surface area (TPSA) is 66.8 Å². The first-order valence-electron chi connectivity index (χ1n) is 6.69. The van der Waals surface area contributed by atoms with Gasteiger partial charge >= 0.3 is 5.97 Å². The fraction of sp³-hybridized carbons (Fsp3) is 0.846. The Kier molecular flexibility index (Phi) is 6.90. The fourth-order valence-corrected chi connectivity index (χ4v) is 2.05. The third-order valence-electron chi connectivity index (χ3n) is 3.27. The molecule has 0 atom stereocenters. The molecule has 1 fully saturated rings. The Morgan fingerprint density at radius 2 is 2.06 bits per heavy atom. The zero-order valence-electron chi connectivity index (χ0n) is 11.1. The predicted octanol–water partition coefficient (Wildman–Crippen LogP) is 0.746. The maximum absolute atomic E-state index is 11.8. The number of ketones is 1. The van der Waals surface area contributed by atoms with Crippen LogP contribution in [-0.2, 0) is 14.3 Å². The predicted molar refractivity (Wildman–Crippen MR) is 67.2 cm³/mol. The van der Waals surface area contributed by atoms with Crippen molar-refractivity contribution in [3.63, 3.8) is 0 Å². The molecule has 1 aliphatic carbocycles. The summed E-state index contributed by atoms with van der Waals surface area (Å²) in [6, 6.07) is 0.434. The Labute approximate surface area is 108 Å². The van der Waals surface area contributed by atoms with Crippen LogP contribution in [0.4, 0.5) is 0 Å². The maximum atomic E-state index is 11.8. The quantitative estimate of drug-likeness (QED) is 0.617. The third-order valence-corrected chi connectivity index (χ3v) is 3.27. The van der Waals surface area contributed by atoms with E-state index in [1.54, 1.807) is 6.92 Å². The standard InChI is InChI=1S/C13H23NO4/c1-2-18-13(17)7-6-12(16)10-14(8-9-15)11-4-3-5-11/h11,15H,2-10H2,1H3. The second kappa shape index (κ2) is 8.21. The van der Waals surface area contributed by atoms with Crippen molar-refractivity contribution in [3.05, 3.63) is 0 Å². The average molecular weight is 257 g/mol. The molecule has 0 saturated heterocycles. The lowest BCUT2D eigenvalue weighted by atomic mass is 9.91. The number of rotatable bonds is 9. The van der Waals surface area contributed by atoms with Crippen molar-refractivity contribution in [2.75, 3.05) is 26.3 Å². The van der Waals surface area contributed by atoms with E-state index in [0.717, 1.165) is 12.8 Å². The molecular formula is C13H23NO4. The van der Waals surface area contributed by atoms with Gasteiger partial charge in [0.15, 0.2) is 0 Å². The lowest BCUT2D eigenvalue weighted by molar-refractivity contribution is -0.144. The number of aliphatic hydroxyl groups excluding tert-OH is 1. The van der Waals surface area contributed by atoms with E-state index in [1.165, 1.54) is 6.42 Å². The van der Waals surface area contributed by atoms with Crippen LogP contribution in [0.1, 0.15) is 39.0 Å². The number of aliphatic hydroxyl groups is 1. The van der Waals surface area contributed by atoms with Crippen LogP contribution in [0.5, 0.6) is 0 Å². The zero-order chi connectivity index (χ0) is 13.4. The summed E-state index contributed by atoms with van der Waals surface area (Å²) in [7, 11) is 0. The lowest BCUT2D eigenvalue weighted by Gasteiger charge is -2.36. The van der Waals surface area contributed by atoms with Gasteiger partial charge in [0, 0.05) is 19.0 Å². The van der Waals surface area contributed by atoms with E-state index in [1.807, 2.05) is 4.90 Å². The van der Waals surface area contributed by atoms with Crippen molar-refractivity contribution in [3.8, 4) is 0 Å². The molecule has 0 aromatic carbocycles. The average Bonchev–Trinajstić information content (AvgIpc) is 2.25. The van der Waals surface area contributed by atoms with Crippen LogP contribution in [0, 0.1) is 0 Å². The van der Waals surface area contributed by atoms with Crippen LogP contribution in [0.3, 0.4) is 0 Å². The van der Waals surface area contributed by atoms with Gasteiger partial charge in [-0.1, -0.05) is 6.42 Å². The fourth-order valence-electron chi connectivity index (χ4n) is 2.05. The Hall–Kier alpha value is -0.940. The Bertz CT molecular complexity index is 276. The van der Waals surface area contributed by atoms with Gasteiger partial charge in [0.2, 0.25) is 0 Å². The van der Waals surface area contributed by atoms with Crippen molar-refractivity contribution in [2.45, 2.75) is 45.1 Å². The largest absolute Gasteiger partial charge is 0.466 e. The van der Waals surface area contributed by atoms with Crippen molar-refractivity contribution in [2.24, 2.45) is 0 Å². The van der Waals surface area contributed by atoms with Gasteiger partial charge in [-0.3, -0.25) is 14.5 Å². The van der Waals surface area contributed by atoms with E-state index in [9.17, 15) is 9.59 Å². The van der Waals surface area contributed by atoms with E-state index < -0.39 is 0 Å². The van der Waals surface area contributed by atoms with Crippen LogP contribution in [-0.4, -0.2) is 54.1 Å². The molecule has 0 bridgehead atoms.